The van der Waals surface area contributed by atoms with E-state index < -0.39 is 29.4 Å². The van der Waals surface area contributed by atoms with Crippen LogP contribution in [0.5, 0.6) is 0 Å². The minimum atomic E-state index is -1.22. The number of hydrogen-bond donors (Lipinski definition) is 4. The number of imide groups is 1. The second kappa shape index (κ2) is 6.95. The third-order valence-corrected chi connectivity index (χ3v) is 4.98. The minimum Gasteiger partial charge on any atom is -0.465 e. The van der Waals surface area contributed by atoms with Crippen LogP contribution in [0.2, 0.25) is 5.02 Å². The molecule has 0 bridgehead atoms. The molecule has 25 heavy (non-hydrogen) atoms. The largest absolute Gasteiger partial charge is 0.465 e. The molecule has 0 unspecified atom stereocenters. The summed E-state index contributed by atoms with van der Waals surface area (Å²) in [5.74, 6) is -0.479. The van der Waals surface area contributed by atoms with Gasteiger partial charge in [0.25, 0.3) is 11.1 Å². The number of benzene rings is 1. The Hall–Kier alpha value is -2.23. The summed E-state index contributed by atoms with van der Waals surface area (Å²) in [5, 5.41) is 23.3. The number of β-amino-alcohol motifs (C(OH)–C–C–N with tert-alkyl or cyclic N) is 1. The molecule has 1 aromatic carbocycles. The molecule has 0 aliphatic carbocycles. The number of nitrogens with zero attached hydrogens (tertiary/aromatic N) is 1. The summed E-state index contributed by atoms with van der Waals surface area (Å²) in [6.07, 6.45) is -0.556. The normalized spacial score (nSPS) is 24.7. The van der Waals surface area contributed by atoms with Crippen LogP contribution < -0.4 is 15.5 Å². The molecule has 2 fully saturated rings. The topological polar surface area (TPSA) is 119 Å². The van der Waals surface area contributed by atoms with Crippen molar-refractivity contribution in [2.24, 2.45) is 0 Å². The van der Waals surface area contributed by atoms with Crippen molar-refractivity contribution in [1.29, 1.82) is 0 Å². The van der Waals surface area contributed by atoms with E-state index in [-0.39, 0.29) is 18.0 Å². The standard InChI is InChI=1S/C15H14ClN3O5S/c16-8-3-1-2-7(4-11-13(21)18-15(24)25-11)12(8)19-5-9(10(20)6-19)17-14(22)23/h1-4,9-10,17,20H,5-6H2,(H,22,23)(H,18,21,24)/t9-,10-/m0/s1. The van der Waals surface area contributed by atoms with Crippen LogP contribution in [0.3, 0.4) is 0 Å². The van der Waals surface area contributed by atoms with Crippen molar-refractivity contribution in [2.45, 2.75) is 12.1 Å². The number of carboxylic acid groups (broad SMARTS) is 1. The molecule has 10 heteroatoms. The van der Waals surface area contributed by atoms with E-state index in [0.29, 0.717) is 16.3 Å². The predicted octanol–water partition coefficient (Wildman–Crippen LogP) is 1.48. The first-order valence-electron chi connectivity index (χ1n) is 7.31. The quantitative estimate of drug-likeness (QED) is 0.584. The first-order chi connectivity index (χ1) is 11.8. The molecule has 8 nitrogen and oxygen atoms in total. The fraction of sp³-hybridized carbons (Fsp3) is 0.267. The van der Waals surface area contributed by atoms with Crippen molar-refractivity contribution in [3.05, 3.63) is 33.7 Å². The van der Waals surface area contributed by atoms with Gasteiger partial charge in [0.2, 0.25) is 0 Å². The molecule has 4 N–H and O–H groups in total. The molecule has 3 rings (SSSR count). The molecule has 2 aliphatic heterocycles. The smallest absolute Gasteiger partial charge is 0.405 e. The maximum Gasteiger partial charge on any atom is 0.405 e. The highest BCUT2D eigenvalue weighted by molar-refractivity contribution is 8.18. The zero-order valence-corrected chi connectivity index (χ0v) is 14.3. The average Bonchev–Trinajstić information content (AvgIpc) is 3.01. The van der Waals surface area contributed by atoms with E-state index in [1.54, 1.807) is 29.2 Å². The van der Waals surface area contributed by atoms with Gasteiger partial charge in [0.05, 0.1) is 27.8 Å². The van der Waals surface area contributed by atoms with Crippen molar-refractivity contribution < 1.29 is 24.6 Å². The van der Waals surface area contributed by atoms with E-state index in [1.165, 1.54) is 0 Å². The van der Waals surface area contributed by atoms with Gasteiger partial charge in [-0.05, 0) is 23.9 Å². The maximum absolute atomic E-state index is 11.7. The van der Waals surface area contributed by atoms with Crippen LogP contribution >= 0.6 is 23.4 Å². The number of thioether (sulfide) groups is 1. The molecule has 2 heterocycles. The minimum absolute atomic E-state index is 0.184. The van der Waals surface area contributed by atoms with Gasteiger partial charge in [-0.3, -0.25) is 14.9 Å². The Kier molecular flexibility index (Phi) is 4.89. The highest BCUT2D eigenvalue weighted by Crippen LogP contribution is 2.36. The van der Waals surface area contributed by atoms with Crippen LogP contribution in [0.4, 0.5) is 15.3 Å². The Morgan fingerprint density at radius 1 is 1.40 bits per heavy atom. The van der Waals surface area contributed by atoms with Crippen molar-refractivity contribution in [3.8, 4) is 0 Å². The first-order valence-corrected chi connectivity index (χ1v) is 8.50. The molecule has 0 spiro atoms. The van der Waals surface area contributed by atoms with E-state index in [4.69, 9.17) is 16.7 Å². The number of carbonyl (C=O) groups is 3. The summed E-state index contributed by atoms with van der Waals surface area (Å²) in [7, 11) is 0. The van der Waals surface area contributed by atoms with Crippen molar-refractivity contribution in [1.82, 2.24) is 10.6 Å². The average molecular weight is 384 g/mol. The molecule has 0 saturated carbocycles. The van der Waals surface area contributed by atoms with Gasteiger partial charge in [-0.1, -0.05) is 23.7 Å². The van der Waals surface area contributed by atoms with Crippen LogP contribution in [0, 0.1) is 0 Å². The number of rotatable bonds is 3. The van der Waals surface area contributed by atoms with E-state index in [1.807, 2.05) is 0 Å². The number of anilines is 1. The molecule has 1 aromatic rings. The Morgan fingerprint density at radius 2 is 2.16 bits per heavy atom. The lowest BCUT2D eigenvalue weighted by Gasteiger charge is -2.22. The van der Waals surface area contributed by atoms with Gasteiger partial charge in [0.15, 0.2) is 0 Å². The number of para-hydroxylation sites is 1. The van der Waals surface area contributed by atoms with Gasteiger partial charge in [0, 0.05) is 18.7 Å². The highest BCUT2D eigenvalue weighted by Gasteiger charge is 2.34. The van der Waals surface area contributed by atoms with Crippen molar-refractivity contribution >= 4 is 52.4 Å². The molecule has 0 radical (unpaired) electrons. The second-order valence-corrected chi connectivity index (χ2v) is 6.98. The predicted molar refractivity (Wildman–Crippen MR) is 93.7 cm³/mol. The number of carbonyl (C=O) groups excluding carboxylic acids is 2. The molecule has 3 amide bonds. The summed E-state index contributed by atoms with van der Waals surface area (Å²) in [5.41, 5.74) is 1.17. The highest BCUT2D eigenvalue weighted by atomic mass is 35.5. The molecular weight excluding hydrogens is 370 g/mol. The molecule has 2 atom stereocenters. The van der Waals surface area contributed by atoms with E-state index in [9.17, 15) is 19.5 Å². The molecule has 2 saturated heterocycles. The van der Waals surface area contributed by atoms with Crippen molar-refractivity contribution in [3.63, 3.8) is 0 Å². The van der Waals surface area contributed by atoms with Crippen LogP contribution in [0.1, 0.15) is 5.56 Å². The van der Waals surface area contributed by atoms with E-state index in [0.717, 1.165) is 11.8 Å². The number of nitrogens with one attached hydrogen (secondary N) is 2. The lowest BCUT2D eigenvalue weighted by Crippen LogP contribution is -2.42. The lowest BCUT2D eigenvalue weighted by molar-refractivity contribution is -0.115. The number of halogens is 1. The van der Waals surface area contributed by atoms with Gasteiger partial charge in [-0.25, -0.2) is 4.79 Å². The fourth-order valence-electron chi connectivity index (χ4n) is 2.81. The number of hydrogen-bond acceptors (Lipinski definition) is 6. The summed E-state index contributed by atoms with van der Waals surface area (Å²) < 4.78 is 0. The summed E-state index contributed by atoms with van der Waals surface area (Å²) >= 11 is 7.09. The first kappa shape index (κ1) is 17.6. The van der Waals surface area contributed by atoms with Gasteiger partial charge < -0.3 is 20.4 Å². The Morgan fingerprint density at radius 3 is 2.80 bits per heavy atom. The molecule has 2 aliphatic rings. The SMILES string of the molecule is O=C(O)N[C@H]1CN(c2c(Cl)cccc2C=C2SC(=O)NC2=O)C[C@@H]1O. The van der Waals surface area contributed by atoms with E-state index >= 15 is 0 Å². The van der Waals surface area contributed by atoms with Crippen LogP contribution in [-0.2, 0) is 4.79 Å². The van der Waals surface area contributed by atoms with E-state index in [2.05, 4.69) is 10.6 Å². The number of amides is 3. The second-order valence-electron chi connectivity index (χ2n) is 5.56. The number of aliphatic hydroxyl groups excluding tert-OH is 1. The van der Waals surface area contributed by atoms with Crippen molar-refractivity contribution in [2.75, 3.05) is 18.0 Å². The van der Waals surface area contributed by atoms with Crippen LogP contribution in [0.25, 0.3) is 6.08 Å². The van der Waals surface area contributed by atoms with Gasteiger partial charge in [0.1, 0.15) is 0 Å². The summed E-state index contributed by atoms with van der Waals surface area (Å²) in [6, 6.07) is 4.45. The van der Waals surface area contributed by atoms with Crippen LogP contribution in [0.15, 0.2) is 23.1 Å². The fourth-order valence-corrected chi connectivity index (χ4v) is 3.79. The summed E-state index contributed by atoms with van der Waals surface area (Å²) in [4.78, 5) is 35.9. The third-order valence-electron chi connectivity index (χ3n) is 3.86. The molecule has 132 valence electrons. The zero-order valence-electron chi connectivity index (χ0n) is 12.7. The van der Waals surface area contributed by atoms with Crippen LogP contribution in [-0.4, -0.2) is 52.7 Å². The summed E-state index contributed by atoms with van der Waals surface area (Å²) in [6.45, 7) is 0.411. The number of aliphatic hydroxyl groups is 1. The Labute approximate surface area is 151 Å². The monoisotopic (exact) mass is 383 g/mol. The third kappa shape index (κ3) is 3.73. The lowest BCUT2D eigenvalue weighted by atomic mass is 10.1. The molecular formula is C15H14ClN3O5S. The maximum atomic E-state index is 11.7. The Bertz CT molecular complexity index is 784. The van der Waals surface area contributed by atoms with Gasteiger partial charge in [-0.2, -0.15) is 0 Å². The Balaban J connectivity index is 1.92. The van der Waals surface area contributed by atoms with Gasteiger partial charge in [-0.15, -0.1) is 0 Å². The molecule has 0 aromatic heterocycles. The van der Waals surface area contributed by atoms with Gasteiger partial charge >= 0.3 is 6.09 Å². The zero-order chi connectivity index (χ0) is 18.1.